The van der Waals surface area contributed by atoms with E-state index in [0.29, 0.717) is 11.3 Å². The Hall–Kier alpha value is -3.96. The van der Waals surface area contributed by atoms with Crippen molar-refractivity contribution in [2.45, 2.75) is 0 Å². The average molecular weight is 441 g/mol. The maximum Gasteiger partial charge on any atom is 0.187 e. The lowest BCUT2D eigenvalue weighted by atomic mass is 9.99. The van der Waals surface area contributed by atoms with Gasteiger partial charge in [-0.25, -0.2) is 4.85 Å². The molecule has 7 aromatic rings. The number of thiophene rings is 2. The number of hydrogen-bond acceptors (Lipinski definition) is 3. The first-order valence-corrected chi connectivity index (χ1v) is 11.8. The van der Waals surface area contributed by atoms with E-state index in [9.17, 15) is 5.26 Å². The average Bonchev–Trinajstić information content (AvgIpc) is 3.40. The van der Waals surface area contributed by atoms with Crippen LogP contribution in [0, 0.1) is 17.9 Å². The first-order chi connectivity index (χ1) is 15.7. The van der Waals surface area contributed by atoms with E-state index in [2.05, 4.69) is 59.4 Å². The second kappa shape index (κ2) is 6.28. The van der Waals surface area contributed by atoms with E-state index in [0.717, 1.165) is 10.8 Å². The van der Waals surface area contributed by atoms with Crippen LogP contribution in [-0.4, -0.2) is 0 Å². The van der Waals surface area contributed by atoms with E-state index in [1.54, 1.807) is 22.7 Å². The highest BCUT2D eigenvalue weighted by Crippen LogP contribution is 2.43. The van der Waals surface area contributed by atoms with Crippen molar-refractivity contribution < 1.29 is 0 Å². The number of nitriles is 1. The molecule has 0 aliphatic rings. The fourth-order valence-corrected chi connectivity index (χ4v) is 7.16. The predicted octanol–water partition coefficient (Wildman–Crippen LogP) is 9.15. The zero-order valence-electron chi connectivity index (χ0n) is 16.6. The molecule has 5 aromatic carbocycles. The first-order valence-electron chi connectivity index (χ1n) is 10.2. The van der Waals surface area contributed by atoms with Gasteiger partial charge in [0.25, 0.3) is 0 Å². The summed E-state index contributed by atoms with van der Waals surface area (Å²) in [4.78, 5) is 3.61. The van der Waals surface area contributed by atoms with Crippen LogP contribution in [0.5, 0.6) is 0 Å². The molecular weight excluding hydrogens is 428 g/mol. The molecule has 0 spiro atoms. The lowest BCUT2D eigenvalue weighted by molar-refractivity contribution is 1.50. The van der Waals surface area contributed by atoms with E-state index in [4.69, 9.17) is 6.57 Å². The molecule has 0 unspecified atom stereocenters. The standard InChI is InChI=1S/C28H12N2S2/c1-30-18-5-9-26-24(13-18)20-7-4-17-11-21-16(12-22(17)28(20)32-26)3-6-19-23-10-15(14-29)2-8-25(23)31-27(19)21/h2-13H. The molecule has 0 aliphatic carbocycles. The summed E-state index contributed by atoms with van der Waals surface area (Å²) in [5.74, 6) is 0. The van der Waals surface area contributed by atoms with E-state index >= 15 is 0 Å². The molecule has 0 N–H and O–H groups in total. The Kier molecular flexibility index (Phi) is 3.47. The molecule has 0 saturated carbocycles. The third-order valence-corrected chi connectivity index (χ3v) is 8.70. The van der Waals surface area contributed by atoms with Crippen molar-refractivity contribution in [2.24, 2.45) is 0 Å². The summed E-state index contributed by atoms with van der Waals surface area (Å²) in [5, 5.41) is 19.0. The van der Waals surface area contributed by atoms with Crippen LogP contribution >= 0.6 is 22.7 Å². The van der Waals surface area contributed by atoms with Crippen molar-refractivity contribution in [3.8, 4) is 6.07 Å². The highest BCUT2D eigenvalue weighted by molar-refractivity contribution is 7.27. The summed E-state index contributed by atoms with van der Waals surface area (Å²) >= 11 is 3.59. The van der Waals surface area contributed by atoms with Gasteiger partial charge in [-0.1, -0.05) is 36.4 Å². The molecule has 0 aliphatic heterocycles. The van der Waals surface area contributed by atoms with Crippen molar-refractivity contribution in [3.63, 3.8) is 0 Å². The molecule has 7 rings (SSSR count). The molecule has 0 amide bonds. The Morgan fingerprint density at radius 2 is 1.22 bits per heavy atom. The molecule has 2 nitrogen and oxygen atoms in total. The quantitative estimate of drug-likeness (QED) is 0.171. The van der Waals surface area contributed by atoms with Gasteiger partial charge in [0, 0.05) is 40.3 Å². The highest BCUT2D eigenvalue weighted by Gasteiger charge is 2.13. The molecule has 4 heteroatoms. The van der Waals surface area contributed by atoms with Gasteiger partial charge in [0.15, 0.2) is 5.69 Å². The predicted molar refractivity (Wildman–Crippen MR) is 138 cm³/mol. The van der Waals surface area contributed by atoms with Crippen LogP contribution in [0.4, 0.5) is 5.69 Å². The van der Waals surface area contributed by atoms with Gasteiger partial charge in [-0.05, 0) is 57.9 Å². The van der Waals surface area contributed by atoms with Crippen LogP contribution in [0.15, 0.2) is 72.8 Å². The summed E-state index contributed by atoms with van der Waals surface area (Å²) in [6.07, 6.45) is 0. The third-order valence-electron chi connectivity index (χ3n) is 6.26. The SMILES string of the molecule is [C-]#[N+]c1ccc2sc3c4cc5ccc6c7cc(C#N)ccc7sc6c5cc4ccc3c2c1. The second-order valence-electron chi connectivity index (χ2n) is 8.00. The minimum Gasteiger partial charge on any atom is -0.238 e. The van der Waals surface area contributed by atoms with Crippen LogP contribution in [0.2, 0.25) is 0 Å². The minimum atomic E-state index is 0.683. The molecule has 0 saturated heterocycles. The smallest absolute Gasteiger partial charge is 0.187 e. The van der Waals surface area contributed by atoms with E-state index in [1.165, 1.54) is 51.1 Å². The van der Waals surface area contributed by atoms with Gasteiger partial charge in [0.1, 0.15) is 0 Å². The number of rotatable bonds is 0. The Morgan fingerprint density at radius 3 is 1.81 bits per heavy atom. The molecule has 32 heavy (non-hydrogen) atoms. The molecule has 0 atom stereocenters. The molecule has 146 valence electrons. The molecule has 0 fully saturated rings. The van der Waals surface area contributed by atoms with Gasteiger partial charge in [-0.3, -0.25) is 0 Å². The summed E-state index contributed by atoms with van der Waals surface area (Å²) in [5.41, 5.74) is 1.38. The zero-order chi connectivity index (χ0) is 21.4. The van der Waals surface area contributed by atoms with E-state index < -0.39 is 0 Å². The highest BCUT2D eigenvalue weighted by atomic mass is 32.1. The Labute approximate surface area is 191 Å². The number of hydrogen-bond donors (Lipinski definition) is 0. The maximum atomic E-state index is 9.30. The Bertz CT molecular complexity index is 1860. The lowest BCUT2D eigenvalue weighted by Gasteiger charge is -2.05. The summed E-state index contributed by atoms with van der Waals surface area (Å²) in [6, 6.07) is 27.6. The lowest BCUT2D eigenvalue weighted by Crippen LogP contribution is -1.78. The van der Waals surface area contributed by atoms with Crippen molar-refractivity contribution in [2.75, 3.05) is 0 Å². The Balaban J connectivity index is 1.58. The normalized spacial score (nSPS) is 11.7. The molecule has 2 heterocycles. The summed E-state index contributed by atoms with van der Waals surface area (Å²) in [7, 11) is 0. The molecule has 0 radical (unpaired) electrons. The van der Waals surface area contributed by atoms with E-state index in [-0.39, 0.29) is 0 Å². The van der Waals surface area contributed by atoms with Crippen LogP contribution in [0.3, 0.4) is 0 Å². The topological polar surface area (TPSA) is 28.1 Å². The maximum absolute atomic E-state index is 9.30. The van der Waals surface area contributed by atoms with Gasteiger partial charge in [-0.15, -0.1) is 22.7 Å². The fraction of sp³-hybridized carbons (Fsp3) is 0. The molecule has 2 aromatic heterocycles. The monoisotopic (exact) mass is 440 g/mol. The fourth-order valence-electron chi connectivity index (χ4n) is 4.74. The number of fused-ring (bicyclic) bond motifs is 10. The van der Waals surface area contributed by atoms with Gasteiger partial charge in [0.05, 0.1) is 18.2 Å². The van der Waals surface area contributed by atoms with Crippen molar-refractivity contribution in [1.29, 1.82) is 5.26 Å². The summed E-state index contributed by atoms with van der Waals surface area (Å²) < 4.78 is 4.97. The van der Waals surface area contributed by atoms with Crippen molar-refractivity contribution in [1.82, 2.24) is 0 Å². The summed E-state index contributed by atoms with van der Waals surface area (Å²) in [6.45, 7) is 7.34. The molecule has 0 bridgehead atoms. The van der Waals surface area contributed by atoms with Gasteiger partial charge < -0.3 is 0 Å². The third kappa shape index (κ3) is 2.31. The first kappa shape index (κ1) is 17.7. The second-order valence-corrected chi connectivity index (χ2v) is 10.1. The van der Waals surface area contributed by atoms with Crippen molar-refractivity contribution >= 4 is 90.3 Å². The van der Waals surface area contributed by atoms with E-state index in [1.807, 2.05) is 24.3 Å². The minimum absolute atomic E-state index is 0.683. The Morgan fingerprint density at radius 1 is 0.625 bits per heavy atom. The van der Waals surface area contributed by atoms with Gasteiger partial charge in [0.2, 0.25) is 0 Å². The number of nitrogens with zero attached hydrogens (tertiary/aromatic N) is 2. The largest absolute Gasteiger partial charge is 0.238 e. The van der Waals surface area contributed by atoms with Gasteiger partial charge >= 0.3 is 0 Å². The van der Waals surface area contributed by atoms with Gasteiger partial charge in [-0.2, -0.15) is 5.26 Å². The zero-order valence-corrected chi connectivity index (χ0v) is 18.3. The van der Waals surface area contributed by atoms with Crippen LogP contribution in [0.1, 0.15) is 5.56 Å². The van der Waals surface area contributed by atoms with Crippen molar-refractivity contribution in [3.05, 3.63) is 89.8 Å². The van der Waals surface area contributed by atoms with Crippen LogP contribution in [0.25, 0.3) is 66.7 Å². The van der Waals surface area contributed by atoms with Crippen LogP contribution in [-0.2, 0) is 0 Å². The molecular formula is C28H12N2S2. The number of benzene rings is 5. The van der Waals surface area contributed by atoms with Crippen LogP contribution < -0.4 is 0 Å².